The normalized spacial score (nSPS) is 18.0. The summed E-state index contributed by atoms with van der Waals surface area (Å²) in [5.41, 5.74) is 0. The minimum Gasteiger partial charge on any atom is -0.358 e. The van der Waals surface area contributed by atoms with Gasteiger partial charge >= 0.3 is 5.82 Å². The van der Waals surface area contributed by atoms with Crippen molar-refractivity contribution in [2.24, 2.45) is 5.14 Å². The van der Waals surface area contributed by atoms with Gasteiger partial charge in [-0.25, -0.2) is 14.7 Å². The fourth-order valence-electron chi connectivity index (χ4n) is 2.33. The number of nitro groups is 1. The summed E-state index contributed by atoms with van der Waals surface area (Å²) in [5.74, 6) is 0.556. The van der Waals surface area contributed by atoms with Crippen LogP contribution in [0.5, 0.6) is 0 Å². The molecule has 2 rings (SSSR count). The molecule has 21 heavy (non-hydrogen) atoms. The van der Waals surface area contributed by atoms with E-state index in [9.17, 15) is 18.5 Å². The molecule has 0 bridgehead atoms. The number of nitrogens with two attached hydrogens (primary N) is 1. The second-order valence-electron chi connectivity index (χ2n) is 4.86. The Balaban J connectivity index is 1.91. The predicted molar refractivity (Wildman–Crippen MR) is 74.7 cm³/mol. The molecule has 1 aromatic rings. The lowest BCUT2D eigenvalue weighted by atomic mass is 10.3. The molecule has 2 N–H and O–H groups in total. The molecule has 0 amide bonds. The van der Waals surface area contributed by atoms with E-state index < -0.39 is 15.1 Å². The summed E-state index contributed by atoms with van der Waals surface area (Å²) in [6.07, 6.45) is 1.24. The molecule has 0 unspecified atom stereocenters. The molecule has 1 aliphatic rings. The van der Waals surface area contributed by atoms with Crippen LogP contribution in [-0.2, 0) is 16.8 Å². The van der Waals surface area contributed by atoms with Gasteiger partial charge in [0.2, 0.25) is 0 Å². The molecule has 118 valence electrons. The zero-order valence-electron chi connectivity index (χ0n) is 11.7. The molecule has 2 heterocycles. The highest BCUT2D eigenvalue weighted by atomic mass is 32.2. The van der Waals surface area contributed by atoms with Crippen LogP contribution >= 0.6 is 0 Å². The van der Waals surface area contributed by atoms with Crippen molar-refractivity contribution >= 4 is 16.0 Å². The van der Waals surface area contributed by atoms with Crippen molar-refractivity contribution in [2.45, 2.75) is 13.5 Å². The number of rotatable bonds is 5. The van der Waals surface area contributed by atoms with Gasteiger partial charge in [0, 0.05) is 39.6 Å². The summed E-state index contributed by atoms with van der Waals surface area (Å²) in [6, 6.07) is 0. The number of aryl methyl sites for hydroxylation is 1. The van der Waals surface area contributed by atoms with Crippen molar-refractivity contribution in [3.05, 3.63) is 22.1 Å². The van der Waals surface area contributed by atoms with Gasteiger partial charge in [0.25, 0.3) is 10.2 Å². The van der Waals surface area contributed by atoms with E-state index in [1.165, 1.54) is 10.5 Å². The van der Waals surface area contributed by atoms with Gasteiger partial charge in [-0.05, 0) is 4.92 Å². The van der Waals surface area contributed by atoms with Gasteiger partial charge in [-0.3, -0.25) is 4.90 Å². The highest BCUT2D eigenvalue weighted by Crippen LogP contribution is 2.14. The highest BCUT2D eigenvalue weighted by molar-refractivity contribution is 7.86. The van der Waals surface area contributed by atoms with Gasteiger partial charge in [-0.15, -0.1) is 0 Å². The summed E-state index contributed by atoms with van der Waals surface area (Å²) < 4.78 is 25.2. The Hall–Kier alpha value is -1.56. The highest BCUT2D eigenvalue weighted by Gasteiger charge is 2.25. The number of imidazole rings is 1. The van der Waals surface area contributed by atoms with Gasteiger partial charge in [-0.1, -0.05) is 0 Å². The Bertz CT molecular complexity index is 619. The summed E-state index contributed by atoms with van der Waals surface area (Å²) >= 11 is 0. The third-order valence-electron chi connectivity index (χ3n) is 3.55. The maximum absolute atomic E-state index is 11.2. The molecular weight excluding hydrogens is 300 g/mol. The van der Waals surface area contributed by atoms with E-state index in [-0.39, 0.29) is 5.82 Å². The van der Waals surface area contributed by atoms with Crippen LogP contribution in [0.25, 0.3) is 0 Å². The molecule has 1 saturated heterocycles. The van der Waals surface area contributed by atoms with Gasteiger partial charge < -0.3 is 10.1 Å². The molecule has 0 spiro atoms. The molecule has 1 fully saturated rings. The zero-order chi connectivity index (χ0) is 15.6. The minimum absolute atomic E-state index is 0.0318. The first-order valence-electron chi connectivity index (χ1n) is 6.46. The number of hydrogen-bond acceptors (Lipinski definition) is 6. The van der Waals surface area contributed by atoms with Crippen LogP contribution in [0.4, 0.5) is 5.82 Å². The molecule has 10 nitrogen and oxygen atoms in total. The molecule has 0 radical (unpaired) electrons. The Kier molecular flexibility index (Phi) is 4.56. The van der Waals surface area contributed by atoms with E-state index in [2.05, 4.69) is 4.98 Å². The average molecular weight is 318 g/mol. The Morgan fingerprint density at radius 2 is 1.95 bits per heavy atom. The summed E-state index contributed by atoms with van der Waals surface area (Å²) in [4.78, 5) is 16.4. The van der Waals surface area contributed by atoms with Gasteiger partial charge in [0.05, 0.1) is 0 Å². The molecule has 1 aromatic heterocycles. The Morgan fingerprint density at radius 3 is 2.48 bits per heavy atom. The molecule has 0 atom stereocenters. The topological polar surface area (TPSA) is 128 Å². The maximum Gasteiger partial charge on any atom is 0.342 e. The first-order chi connectivity index (χ1) is 9.79. The van der Waals surface area contributed by atoms with Crippen LogP contribution in [0.15, 0.2) is 6.20 Å². The minimum atomic E-state index is -3.63. The first-order valence-corrected chi connectivity index (χ1v) is 7.96. The lowest BCUT2D eigenvalue weighted by Gasteiger charge is -2.32. The van der Waals surface area contributed by atoms with Gasteiger partial charge in [0.1, 0.15) is 12.7 Å². The van der Waals surface area contributed by atoms with Crippen molar-refractivity contribution in [3.63, 3.8) is 0 Å². The van der Waals surface area contributed by atoms with E-state index >= 15 is 0 Å². The predicted octanol–water partition coefficient (Wildman–Crippen LogP) is -1.08. The summed E-state index contributed by atoms with van der Waals surface area (Å²) in [7, 11) is -3.63. The van der Waals surface area contributed by atoms with Crippen LogP contribution in [-0.4, -0.2) is 64.8 Å². The van der Waals surface area contributed by atoms with E-state index in [1.54, 1.807) is 11.5 Å². The second kappa shape index (κ2) is 6.05. The van der Waals surface area contributed by atoms with Crippen LogP contribution in [0.1, 0.15) is 5.82 Å². The second-order valence-corrected chi connectivity index (χ2v) is 6.40. The fourth-order valence-corrected chi connectivity index (χ4v) is 3.00. The third-order valence-corrected chi connectivity index (χ3v) is 4.64. The van der Waals surface area contributed by atoms with Crippen LogP contribution in [0.3, 0.4) is 0 Å². The van der Waals surface area contributed by atoms with Crippen molar-refractivity contribution < 1.29 is 13.3 Å². The van der Waals surface area contributed by atoms with E-state index in [4.69, 9.17) is 5.14 Å². The number of hydrogen-bond donors (Lipinski definition) is 1. The molecule has 11 heteroatoms. The molecule has 1 aliphatic heterocycles. The van der Waals surface area contributed by atoms with Crippen molar-refractivity contribution in [3.8, 4) is 0 Å². The number of nitrogens with zero attached hydrogens (tertiary/aromatic N) is 5. The molecular formula is C10H18N6O4S. The van der Waals surface area contributed by atoms with E-state index in [1.807, 2.05) is 4.90 Å². The van der Waals surface area contributed by atoms with Crippen molar-refractivity contribution in [1.29, 1.82) is 0 Å². The summed E-state index contributed by atoms with van der Waals surface area (Å²) in [6.45, 7) is 4.53. The van der Waals surface area contributed by atoms with Gasteiger partial charge in [-0.2, -0.15) is 12.7 Å². The third kappa shape index (κ3) is 3.75. The fraction of sp³-hybridized carbons (Fsp3) is 0.700. The first kappa shape index (κ1) is 15.8. The largest absolute Gasteiger partial charge is 0.358 e. The van der Waals surface area contributed by atoms with E-state index in [0.29, 0.717) is 45.1 Å². The average Bonchev–Trinajstić information content (AvgIpc) is 2.77. The summed E-state index contributed by atoms with van der Waals surface area (Å²) in [5, 5.41) is 16.0. The number of piperazine rings is 1. The van der Waals surface area contributed by atoms with E-state index in [0.717, 1.165) is 0 Å². The number of aromatic nitrogens is 2. The zero-order valence-corrected chi connectivity index (χ0v) is 12.5. The molecule has 0 saturated carbocycles. The molecule has 0 aromatic carbocycles. The lowest BCUT2D eigenvalue weighted by molar-refractivity contribution is -0.392. The standard InChI is InChI=1S/C10H18N6O4S/c1-9-12-8-10(16(17)18)15(9)7-4-13-2-5-14(6-3-13)21(11,19)20/h8H,2-7H2,1H3,(H2,11,19,20). The Labute approximate surface area is 122 Å². The van der Waals surface area contributed by atoms with Crippen molar-refractivity contribution in [2.75, 3.05) is 32.7 Å². The SMILES string of the molecule is Cc1ncc([N+](=O)[O-])n1CCN1CCN(S(N)(=O)=O)CC1. The van der Waals surface area contributed by atoms with Crippen LogP contribution in [0.2, 0.25) is 0 Å². The molecule has 0 aliphatic carbocycles. The quantitative estimate of drug-likeness (QED) is 0.543. The Morgan fingerprint density at radius 1 is 1.33 bits per heavy atom. The van der Waals surface area contributed by atoms with Gasteiger partial charge in [0.15, 0.2) is 5.82 Å². The van der Waals surface area contributed by atoms with Crippen molar-refractivity contribution in [1.82, 2.24) is 18.8 Å². The van der Waals surface area contributed by atoms with Crippen LogP contribution < -0.4 is 5.14 Å². The lowest BCUT2D eigenvalue weighted by Crippen LogP contribution is -2.51. The van der Waals surface area contributed by atoms with Crippen LogP contribution in [0, 0.1) is 17.0 Å². The maximum atomic E-state index is 11.2. The smallest absolute Gasteiger partial charge is 0.342 e. The monoisotopic (exact) mass is 318 g/mol.